The number of aromatic amines is 1. The minimum absolute atomic E-state index is 0.509. The van der Waals surface area contributed by atoms with Crippen LogP contribution < -0.4 is 5.32 Å². The number of rotatable bonds is 4. The van der Waals surface area contributed by atoms with Crippen LogP contribution in [0.15, 0.2) is 18.9 Å². The molecule has 7 heteroatoms. The summed E-state index contributed by atoms with van der Waals surface area (Å²) in [5.74, 6) is 1.46. The molecule has 2 aromatic heterocycles. The maximum Gasteiger partial charge on any atom is 0.148 e. The van der Waals surface area contributed by atoms with E-state index in [1.54, 1.807) is 6.20 Å². The molecule has 0 aliphatic rings. The van der Waals surface area contributed by atoms with E-state index in [0.717, 1.165) is 12.2 Å². The van der Waals surface area contributed by atoms with Crippen molar-refractivity contribution in [1.82, 2.24) is 25.1 Å². The van der Waals surface area contributed by atoms with Crippen molar-refractivity contribution in [2.75, 3.05) is 11.9 Å². The lowest BCUT2D eigenvalue weighted by Crippen LogP contribution is -2.07. The lowest BCUT2D eigenvalue weighted by atomic mass is 10.4. The summed E-state index contributed by atoms with van der Waals surface area (Å²) in [6.07, 6.45) is 5.21. The Morgan fingerprint density at radius 3 is 3.00 bits per heavy atom. The Bertz CT molecular complexity index is 415. The van der Waals surface area contributed by atoms with Gasteiger partial charge in [0.2, 0.25) is 0 Å². The van der Waals surface area contributed by atoms with Crippen molar-refractivity contribution in [1.29, 1.82) is 0 Å². The summed E-state index contributed by atoms with van der Waals surface area (Å²) >= 11 is 5.86. The zero-order valence-electron chi connectivity index (χ0n) is 7.81. The normalized spacial score (nSPS) is 10.2. The van der Waals surface area contributed by atoms with Gasteiger partial charge in [-0.15, -0.1) is 0 Å². The lowest BCUT2D eigenvalue weighted by molar-refractivity contribution is 0.896. The molecule has 15 heavy (non-hydrogen) atoms. The summed E-state index contributed by atoms with van der Waals surface area (Å²) in [7, 11) is 0. The maximum absolute atomic E-state index is 5.86. The van der Waals surface area contributed by atoms with Crippen LogP contribution in [0.5, 0.6) is 0 Å². The van der Waals surface area contributed by atoms with Gasteiger partial charge in [0.25, 0.3) is 0 Å². The average molecular weight is 225 g/mol. The van der Waals surface area contributed by atoms with Gasteiger partial charge in [-0.2, -0.15) is 5.10 Å². The van der Waals surface area contributed by atoms with Crippen molar-refractivity contribution >= 4 is 17.4 Å². The van der Waals surface area contributed by atoms with Crippen molar-refractivity contribution in [2.45, 2.75) is 6.42 Å². The Kier molecular flexibility index (Phi) is 3.08. The Morgan fingerprint density at radius 1 is 1.33 bits per heavy atom. The molecule has 6 nitrogen and oxygen atoms in total. The van der Waals surface area contributed by atoms with Crippen LogP contribution in [0.3, 0.4) is 0 Å². The molecule has 2 rings (SSSR count). The first-order chi connectivity index (χ1) is 7.36. The number of H-pyrrole nitrogens is 1. The molecule has 2 heterocycles. The quantitative estimate of drug-likeness (QED) is 0.807. The van der Waals surface area contributed by atoms with E-state index >= 15 is 0 Å². The van der Waals surface area contributed by atoms with Crippen LogP contribution in [0, 0.1) is 0 Å². The van der Waals surface area contributed by atoms with Gasteiger partial charge in [0.1, 0.15) is 29.3 Å². The summed E-state index contributed by atoms with van der Waals surface area (Å²) in [5, 5.41) is 10.1. The Labute approximate surface area is 91.1 Å². The third-order valence-corrected chi connectivity index (χ3v) is 2.06. The first kappa shape index (κ1) is 9.85. The van der Waals surface area contributed by atoms with E-state index in [1.165, 1.54) is 12.7 Å². The molecule has 0 spiro atoms. The van der Waals surface area contributed by atoms with E-state index in [2.05, 4.69) is 30.5 Å². The Hall–Kier alpha value is -1.69. The lowest BCUT2D eigenvalue weighted by Gasteiger charge is -2.04. The smallest absolute Gasteiger partial charge is 0.148 e. The number of anilines is 1. The van der Waals surface area contributed by atoms with Crippen molar-refractivity contribution in [2.24, 2.45) is 0 Å². The van der Waals surface area contributed by atoms with E-state index < -0.39 is 0 Å². The van der Waals surface area contributed by atoms with Gasteiger partial charge < -0.3 is 5.32 Å². The van der Waals surface area contributed by atoms with Crippen molar-refractivity contribution in [3.05, 3.63) is 29.7 Å². The topological polar surface area (TPSA) is 79.4 Å². The minimum atomic E-state index is 0.509. The van der Waals surface area contributed by atoms with Gasteiger partial charge in [-0.25, -0.2) is 15.0 Å². The second-order valence-corrected chi connectivity index (χ2v) is 3.24. The molecule has 78 valence electrons. The Balaban J connectivity index is 1.86. The van der Waals surface area contributed by atoms with Crippen LogP contribution in [0.1, 0.15) is 5.82 Å². The molecule has 0 saturated carbocycles. The fourth-order valence-corrected chi connectivity index (χ4v) is 1.27. The van der Waals surface area contributed by atoms with E-state index in [1.807, 2.05) is 0 Å². The molecular formula is C8H9ClN6. The number of nitrogens with one attached hydrogen (secondary N) is 2. The molecule has 0 aliphatic carbocycles. The summed E-state index contributed by atoms with van der Waals surface area (Å²) in [6, 6.07) is 0. The third-order valence-electron chi connectivity index (χ3n) is 1.79. The van der Waals surface area contributed by atoms with Crippen molar-refractivity contribution < 1.29 is 0 Å². The molecule has 0 amide bonds. The minimum Gasteiger partial charge on any atom is -0.368 e. The summed E-state index contributed by atoms with van der Waals surface area (Å²) in [6.45, 7) is 0.686. The highest BCUT2D eigenvalue weighted by molar-refractivity contribution is 6.32. The van der Waals surface area contributed by atoms with Gasteiger partial charge >= 0.3 is 0 Å². The number of nitrogens with zero attached hydrogens (tertiary/aromatic N) is 4. The highest BCUT2D eigenvalue weighted by atomic mass is 35.5. The fraction of sp³-hybridized carbons (Fsp3) is 0.250. The van der Waals surface area contributed by atoms with E-state index in [-0.39, 0.29) is 0 Å². The Morgan fingerprint density at radius 2 is 2.27 bits per heavy atom. The van der Waals surface area contributed by atoms with Gasteiger partial charge in [-0.1, -0.05) is 11.6 Å². The van der Waals surface area contributed by atoms with Crippen LogP contribution in [0.4, 0.5) is 5.82 Å². The molecule has 0 bridgehead atoms. The van der Waals surface area contributed by atoms with Gasteiger partial charge in [0.05, 0.1) is 6.20 Å². The zero-order valence-corrected chi connectivity index (χ0v) is 8.57. The van der Waals surface area contributed by atoms with Crippen molar-refractivity contribution in [3.63, 3.8) is 0 Å². The summed E-state index contributed by atoms with van der Waals surface area (Å²) in [5.41, 5.74) is 0. The fourth-order valence-electron chi connectivity index (χ4n) is 1.09. The second-order valence-electron chi connectivity index (χ2n) is 2.83. The molecular weight excluding hydrogens is 216 g/mol. The van der Waals surface area contributed by atoms with Crippen LogP contribution in [-0.2, 0) is 6.42 Å². The van der Waals surface area contributed by atoms with Gasteiger partial charge in [0.15, 0.2) is 0 Å². The summed E-state index contributed by atoms with van der Waals surface area (Å²) in [4.78, 5) is 11.8. The SMILES string of the molecule is Clc1cncnc1NCCc1ncn[nH]1. The highest BCUT2D eigenvalue weighted by Crippen LogP contribution is 2.15. The number of halogens is 1. The molecule has 0 unspecified atom stereocenters. The van der Waals surface area contributed by atoms with Crippen LogP contribution in [0.25, 0.3) is 0 Å². The predicted octanol–water partition coefficient (Wildman–Crippen LogP) is 0.903. The molecule has 0 radical (unpaired) electrons. The van der Waals surface area contributed by atoms with Crippen molar-refractivity contribution in [3.8, 4) is 0 Å². The van der Waals surface area contributed by atoms with Crippen LogP contribution in [-0.4, -0.2) is 31.7 Å². The monoisotopic (exact) mass is 224 g/mol. The largest absolute Gasteiger partial charge is 0.368 e. The molecule has 2 N–H and O–H groups in total. The van der Waals surface area contributed by atoms with Gasteiger partial charge in [-0.3, -0.25) is 5.10 Å². The first-order valence-corrected chi connectivity index (χ1v) is 4.77. The summed E-state index contributed by atoms with van der Waals surface area (Å²) < 4.78 is 0. The molecule has 0 atom stereocenters. The molecule has 0 fully saturated rings. The molecule has 0 aromatic carbocycles. The predicted molar refractivity (Wildman–Crippen MR) is 55.6 cm³/mol. The van der Waals surface area contributed by atoms with E-state index in [4.69, 9.17) is 11.6 Å². The highest BCUT2D eigenvalue weighted by Gasteiger charge is 2.00. The second kappa shape index (κ2) is 4.70. The first-order valence-electron chi connectivity index (χ1n) is 4.40. The van der Waals surface area contributed by atoms with Gasteiger partial charge in [0, 0.05) is 13.0 Å². The zero-order chi connectivity index (χ0) is 10.5. The number of hydrogen-bond donors (Lipinski definition) is 2. The number of hydrogen-bond acceptors (Lipinski definition) is 5. The molecule has 0 aliphatic heterocycles. The number of aromatic nitrogens is 5. The van der Waals surface area contributed by atoms with E-state index in [9.17, 15) is 0 Å². The van der Waals surface area contributed by atoms with Gasteiger partial charge in [-0.05, 0) is 0 Å². The van der Waals surface area contributed by atoms with Crippen LogP contribution in [0.2, 0.25) is 5.02 Å². The third kappa shape index (κ3) is 2.63. The maximum atomic E-state index is 5.86. The molecule has 0 saturated heterocycles. The molecule has 2 aromatic rings. The van der Waals surface area contributed by atoms with E-state index in [0.29, 0.717) is 17.4 Å². The average Bonchev–Trinajstić information content (AvgIpc) is 2.74. The standard InChI is InChI=1S/C8H9ClN6/c9-6-3-10-4-13-8(6)11-2-1-7-12-5-14-15-7/h3-5H,1-2H2,(H,10,11,13)(H,12,14,15). The van der Waals surface area contributed by atoms with Crippen LogP contribution >= 0.6 is 11.6 Å².